The van der Waals surface area contributed by atoms with Gasteiger partial charge in [0.2, 0.25) is 5.69 Å². The number of benzene rings is 3. The SMILES string of the molecule is [2H]C1(c2ccc(-c3c(C#N)ccc4c3oc3c(-c5cc(F)cc[n+]5C)c(C)ccc34)cc2)CCOCC1. The van der Waals surface area contributed by atoms with Crippen LogP contribution in [0.15, 0.2) is 71.3 Å². The largest absolute Gasteiger partial charge is 0.454 e. The molecule has 5 heteroatoms. The van der Waals surface area contributed by atoms with Crippen molar-refractivity contribution in [2.75, 3.05) is 13.2 Å². The summed E-state index contributed by atoms with van der Waals surface area (Å²) < 4.78 is 37.1. The molecular weight excluding hydrogens is 451 g/mol. The molecule has 0 saturated carbocycles. The highest BCUT2D eigenvalue weighted by molar-refractivity contribution is 6.14. The standard InChI is InChI=1S/C31H26FN2O2/c1-19-3-9-25-26-10-8-23(18-33)29(22-6-4-20(5-7-22)21-12-15-35-16-13-21)31(26)36-30(25)28(19)27-17-24(32)11-14-34(27)2/h3-11,14,17,21H,12-13,15-16H2,1-2H3/q+1/i21D. The summed E-state index contributed by atoms with van der Waals surface area (Å²) in [4.78, 5) is 0. The highest BCUT2D eigenvalue weighted by Gasteiger charge is 2.24. The van der Waals surface area contributed by atoms with Gasteiger partial charge in [0.05, 0.1) is 17.2 Å². The molecule has 0 unspecified atom stereocenters. The van der Waals surface area contributed by atoms with Crippen molar-refractivity contribution in [1.29, 1.82) is 5.26 Å². The number of fused-ring (bicyclic) bond motifs is 3. The predicted octanol–water partition coefficient (Wildman–Crippen LogP) is 6.96. The zero-order valence-corrected chi connectivity index (χ0v) is 20.3. The molecule has 0 bridgehead atoms. The molecule has 0 atom stereocenters. The Bertz CT molecular complexity index is 1710. The minimum atomic E-state index is -0.660. The third-order valence-electron chi connectivity index (χ3n) is 7.18. The van der Waals surface area contributed by atoms with Crippen LogP contribution >= 0.6 is 0 Å². The summed E-state index contributed by atoms with van der Waals surface area (Å²) in [5.74, 6) is -0.975. The van der Waals surface area contributed by atoms with Crippen LogP contribution in [0.4, 0.5) is 4.39 Å². The molecule has 0 amide bonds. The number of rotatable bonds is 3. The molecule has 1 fully saturated rings. The van der Waals surface area contributed by atoms with Crippen molar-refractivity contribution in [3.8, 4) is 28.5 Å². The first-order valence-electron chi connectivity index (χ1n) is 12.6. The average molecular weight is 479 g/mol. The maximum atomic E-state index is 14.2. The van der Waals surface area contributed by atoms with Gasteiger partial charge in [0.1, 0.15) is 24.0 Å². The van der Waals surface area contributed by atoms with Crippen molar-refractivity contribution >= 4 is 21.9 Å². The molecule has 3 aromatic carbocycles. The highest BCUT2D eigenvalue weighted by Crippen LogP contribution is 2.42. The Balaban J connectivity index is 1.58. The molecule has 5 aromatic rings. The Morgan fingerprint density at radius 2 is 1.67 bits per heavy atom. The molecule has 3 heterocycles. The third-order valence-corrected chi connectivity index (χ3v) is 7.18. The van der Waals surface area contributed by atoms with Gasteiger partial charge >= 0.3 is 0 Å². The van der Waals surface area contributed by atoms with E-state index in [-0.39, 0.29) is 5.82 Å². The topological polar surface area (TPSA) is 50.0 Å². The molecule has 1 aliphatic rings. The Kier molecular flexibility index (Phi) is 5.26. The molecule has 0 spiro atoms. The van der Waals surface area contributed by atoms with E-state index < -0.39 is 5.89 Å². The van der Waals surface area contributed by atoms with Gasteiger partial charge in [-0.3, -0.25) is 0 Å². The summed E-state index contributed by atoms with van der Waals surface area (Å²) in [6.45, 7) is 3.17. The number of hydrogen-bond acceptors (Lipinski definition) is 3. The van der Waals surface area contributed by atoms with Crippen LogP contribution in [0.3, 0.4) is 0 Å². The van der Waals surface area contributed by atoms with Gasteiger partial charge in [0.15, 0.2) is 6.20 Å². The van der Waals surface area contributed by atoms with Gasteiger partial charge in [0.25, 0.3) is 0 Å². The number of pyridine rings is 1. The molecule has 0 aliphatic carbocycles. The summed E-state index contributed by atoms with van der Waals surface area (Å²) in [6.07, 6.45) is 3.02. The van der Waals surface area contributed by atoms with Crippen LogP contribution in [0.2, 0.25) is 0 Å². The lowest BCUT2D eigenvalue weighted by atomic mass is 9.89. The zero-order valence-electron chi connectivity index (χ0n) is 21.3. The van der Waals surface area contributed by atoms with Crippen LogP contribution in [0, 0.1) is 24.1 Å². The fourth-order valence-corrected chi connectivity index (χ4v) is 5.27. The van der Waals surface area contributed by atoms with Gasteiger partial charge in [-0.2, -0.15) is 5.26 Å². The van der Waals surface area contributed by atoms with Crippen molar-refractivity contribution in [2.24, 2.45) is 7.05 Å². The van der Waals surface area contributed by atoms with E-state index in [2.05, 4.69) is 6.07 Å². The van der Waals surface area contributed by atoms with Gasteiger partial charge in [0, 0.05) is 43.1 Å². The zero-order chi connectivity index (χ0) is 25.7. The van der Waals surface area contributed by atoms with Gasteiger partial charge in [-0.15, -0.1) is 0 Å². The Labute approximate surface area is 210 Å². The van der Waals surface area contributed by atoms with Crippen LogP contribution < -0.4 is 4.57 Å². The van der Waals surface area contributed by atoms with E-state index in [9.17, 15) is 9.65 Å². The van der Waals surface area contributed by atoms with Crippen molar-refractivity contribution in [1.82, 2.24) is 0 Å². The van der Waals surface area contributed by atoms with Crippen molar-refractivity contribution in [3.05, 3.63) is 89.4 Å². The lowest BCUT2D eigenvalue weighted by Gasteiger charge is -2.22. The number of ether oxygens (including phenoxy) is 1. The molecule has 4 nitrogen and oxygen atoms in total. The van der Waals surface area contributed by atoms with E-state index in [0.29, 0.717) is 48.5 Å². The van der Waals surface area contributed by atoms with E-state index in [1.165, 1.54) is 12.1 Å². The number of halogens is 1. The quantitative estimate of drug-likeness (QED) is 0.264. The third kappa shape index (κ3) is 3.66. The van der Waals surface area contributed by atoms with Crippen molar-refractivity contribution in [2.45, 2.75) is 25.7 Å². The van der Waals surface area contributed by atoms with Crippen LogP contribution in [0.25, 0.3) is 44.3 Å². The predicted molar refractivity (Wildman–Crippen MR) is 138 cm³/mol. The lowest BCUT2D eigenvalue weighted by Crippen LogP contribution is -2.30. The Hall–Kier alpha value is -4.01. The minimum Gasteiger partial charge on any atom is -0.454 e. The molecule has 178 valence electrons. The van der Waals surface area contributed by atoms with Crippen LogP contribution in [0.1, 0.15) is 36.8 Å². The fraction of sp³-hybridized carbons (Fsp3) is 0.226. The normalized spacial score (nSPS) is 15.7. The van der Waals surface area contributed by atoms with E-state index in [4.69, 9.17) is 10.5 Å². The summed E-state index contributed by atoms with van der Waals surface area (Å²) in [7, 11) is 1.88. The Morgan fingerprint density at radius 3 is 2.39 bits per heavy atom. The minimum absolute atomic E-state index is 0.315. The van der Waals surface area contributed by atoms with E-state index in [0.717, 1.165) is 38.6 Å². The molecule has 6 rings (SSSR count). The molecule has 0 radical (unpaired) electrons. The second-order valence-corrected chi connectivity index (χ2v) is 9.35. The molecular formula is C31H26FN2O2+. The smallest absolute Gasteiger partial charge is 0.219 e. The fourth-order valence-electron chi connectivity index (χ4n) is 5.27. The highest BCUT2D eigenvalue weighted by atomic mass is 19.1. The maximum absolute atomic E-state index is 14.2. The molecule has 36 heavy (non-hydrogen) atoms. The monoisotopic (exact) mass is 478 g/mol. The Morgan fingerprint density at radius 1 is 0.972 bits per heavy atom. The molecule has 0 N–H and O–H groups in total. The number of furan rings is 1. The van der Waals surface area contributed by atoms with E-state index in [1.54, 1.807) is 6.20 Å². The van der Waals surface area contributed by atoms with Gasteiger partial charge < -0.3 is 9.15 Å². The van der Waals surface area contributed by atoms with E-state index >= 15 is 0 Å². The van der Waals surface area contributed by atoms with E-state index in [1.807, 2.05) is 67.1 Å². The second-order valence-electron chi connectivity index (χ2n) is 9.35. The molecule has 2 aromatic heterocycles. The second kappa shape index (κ2) is 8.89. The van der Waals surface area contributed by atoms with Crippen molar-refractivity contribution < 1.29 is 19.5 Å². The first kappa shape index (κ1) is 21.3. The lowest BCUT2D eigenvalue weighted by molar-refractivity contribution is -0.660. The van der Waals surface area contributed by atoms with Crippen LogP contribution in [0.5, 0.6) is 0 Å². The number of nitriles is 1. The number of hydrogen-bond donors (Lipinski definition) is 0. The summed E-state index contributed by atoms with van der Waals surface area (Å²) in [5.41, 5.74) is 6.84. The number of aromatic nitrogens is 1. The average Bonchev–Trinajstić information content (AvgIpc) is 3.28. The first-order valence-corrected chi connectivity index (χ1v) is 12.1. The van der Waals surface area contributed by atoms with Gasteiger partial charge in [-0.25, -0.2) is 8.96 Å². The summed E-state index contributed by atoms with van der Waals surface area (Å²) >= 11 is 0. The maximum Gasteiger partial charge on any atom is 0.219 e. The summed E-state index contributed by atoms with van der Waals surface area (Å²) in [6, 6.07) is 21.0. The molecule has 1 aliphatic heterocycles. The summed E-state index contributed by atoms with van der Waals surface area (Å²) in [5, 5.41) is 11.8. The number of aryl methyl sites for hydroxylation is 2. The van der Waals surface area contributed by atoms with Crippen LogP contribution in [-0.4, -0.2) is 13.2 Å². The van der Waals surface area contributed by atoms with Gasteiger partial charge in [-0.1, -0.05) is 36.4 Å². The van der Waals surface area contributed by atoms with Crippen molar-refractivity contribution in [3.63, 3.8) is 0 Å². The number of nitrogens with zero attached hydrogens (tertiary/aromatic N) is 2. The van der Waals surface area contributed by atoms with Crippen LogP contribution in [-0.2, 0) is 11.8 Å². The van der Waals surface area contributed by atoms with Gasteiger partial charge in [-0.05, 0) is 54.5 Å². The first-order chi connectivity index (χ1) is 17.9. The molecule has 1 saturated heterocycles.